The van der Waals surface area contributed by atoms with Crippen molar-refractivity contribution in [1.29, 1.82) is 0 Å². The largest absolute Gasteiger partial charge is 0.383 e. The van der Waals surface area contributed by atoms with Crippen molar-refractivity contribution >= 4 is 0 Å². The number of hydrogen-bond acceptors (Lipinski definition) is 5. The summed E-state index contributed by atoms with van der Waals surface area (Å²) >= 11 is 0. The second-order valence-electron chi connectivity index (χ2n) is 5.93. The quantitative estimate of drug-likeness (QED) is 0.669. The summed E-state index contributed by atoms with van der Waals surface area (Å²) in [5.41, 5.74) is 1.00. The molecule has 0 aliphatic heterocycles. The normalized spacial score (nSPS) is 13.3. The van der Waals surface area contributed by atoms with Crippen molar-refractivity contribution in [1.82, 2.24) is 25.2 Å². The monoisotopic (exact) mass is 297 g/mol. The van der Waals surface area contributed by atoms with Crippen LogP contribution in [0.1, 0.15) is 33.4 Å². The number of nitrogens with zero attached hydrogens (tertiary/aromatic N) is 4. The lowest BCUT2D eigenvalue weighted by atomic mass is 10.2. The number of likely N-dealkylation sites (N-methyl/N-ethyl adjacent to an activating group) is 1. The molecule has 0 bridgehead atoms. The molecule has 1 N–H and O–H groups in total. The van der Waals surface area contributed by atoms with Gasteiger partial charge >= 0.3 is 0 Å². The summed E-state index contributed by atoms with van der Waals surface area (Å²) in [6.07, 6.45) is 2.03. The van der Waals surface area contributed by atoms with Crippen LogP contribution in [0.4, 0.5) is 0 Å². The number of ether oxygens (including phenoxy) is 1. The zero-order valence-corrected chi connectivity index (χ0v) is 14.2. The lowest BCUT2D eigenvalue weighted by Gasteiger charge is -2.26. The van der Waals surface area contributed by atoms with Crippen LogP contribution in [-0.2, 0) is 17.8 Å². The van der Waals surface area contributed by atoms with Gasteiger partial charge in [-0.2, -0.15) is 0 Å². The van der Waals surface area contributed by atoms with Gasteiger partial charge in [0.1, 0.15) is 0 Å². The van der Waals surface area contributed by atoms with Gasteiger partial charge in [-0.3, -0.25) is 9.58 Å². The summed E-state index contributed by atoms with van der Waals surface area (Å²) in [6, 6.07) is 0.427. The smallest absolute Gasteiger partial charge is 0.0964 e. The van der Waals surface area contributed by atoms with E-state index in [4.69, 9.17) is 4.74 Å². The predicted octanol–water partition coefficient (Wildman–Crippen LogP) is 1.38. The van der Waals surface area contributed by atoms with Crippen LogP contribution in [0.2, 0.25) is 0 Å². The van der Waals surface area contributed by atoms with Crippen LogP contribution in [-0.4, -0.2) is 59.3 Å². The van der Waals surface area contributed by atoms with Gasteiger partial charge in [0, 0.05) is 32.4 Å². The van der Waals surface area contributed by atoms with E-state index in [0.717, 1.165) is 45.0 Å². The highest BCUT2D eigenvalue weighted by Crippen LogP contribution is 2.01. The Balaban J connectivity index is 2.36. The molecule has 1 aromatic rings. The number of nitrogens with one attached hydrogen (secondary N) is 1. The van der Waals surface area contributed by atoms with Crippen molar-refractivity contribution < 1.29 is 4.74 Å². The molecule has 1 rings (SSSR count). The third-order valence-electron chi connectivity index (χ3n) is 3.50. The first-order valence-corrected chi connectivity index (χ1v) is 7.89. The molecule has 122 valence electrons. The summed E-state index contributed by atoms with van der Waals surface area (Å²) in [7, 11) is 1.75. The van der Waals surface area contributed by atoms with E-state index in [9.17, 15) is 0 Å². The highest BCUT2D eigenvalue weighted by molar-refractivity contribution is 4.91. The molecule has 0 aromatic carbocycles. The fourth-order valence-electron chi connectivity index (χ4n) is 2.29. The Hall–Kier alpha value is -0.980. The van der Waals surface area contributed by atoms with E-state index in [1.54, 1.807) is 7.11 Å². The van der Waals surface area contributed by atoms with E-state index in [2.05, 4.69) is 48.2 Å². The predicted molar refractivity (Wildman–Crippen MR) is 85.2 cm³/mol. The van der Waals surface area contributed by atoms with Crippen molar-refractivity contribution in [2.45, 2.75) is 46.8 Å². The van der Waals surface area contributed by atoms with Crippen LogP contribution in [0.15, 0.2) is 6.20 Å². The molecule has 1 atom stereocenters. The maximum atomic E-state index is 5.22. The molecule has 1 unspecified atom stereocenters. The van der Waals surface area contributed by atoms with Crippen molar-refractivity contribution in [3.05, 3.63) is 11.9 Å². The van der Waals surface area contributed by atoms with Crippen molar-refractivity contribution in [2.75, 3.05) is 33.4 Å². The van der Waals surface area contributed by atoms with E-state index in [0.29, 0.717) is 12.0 Å². The molecule has 0 radical (unpaired) electrons. The molecule has 0 fully saturated rings. The zero-order chi connectivity index (χ0) is 15.7. The molecule has 0 saturated heterocycles. The lowest BCUT2D eigenvalue weighted by molar-refractivity contribution is 0.0994. The molecule has 0 saturated carbocycles. The molecule has 6 nitrogen and oxygen atoms in total. The van der Waals surface area contributed by atoms with Gasteiger partial charge in [-0.1, -0.05) is 26.0 Å². The number of hydrogen-bond donors (Lipinski definition) is 1. The Morgan fingerprint density at radius 3 is 2.76 bits per heavy atom. The Morgan fingerprint density at radius 1 is 1.38 bits per heavy atom. The van der Waals surface area contributed by atoms with Crippen molar-refractivity contribution in [3.8, 4) is 0 Å². The van der Waals surface area contributed by atoms with Gasteiger partial charge in [-0.25, -0.2) is 0 Å². The Bertz CT molecular complexity index is 380. The van der Waals surface area contributed by atoms with Crippen LogP contribution in [0.3, 0.4) is 0 Å². The first-order chi connectivity index (χ1) is 10.1. The SMILES string of the molecule is CCN(CCn1cc(CNCC(C)C)nn1)C(C)COC. The van der Waals surface area contributed by atoms with Gasteiger partial charge in [0.05, 0.1) is 18.8 Å². The minimum Gasteiger partial charge on any atom is -0.383 e. The fraction of sp³-hybridized carbons (Fsp3) is 0.867. The molecule has 0 amide bonds. The number of aromatic nitrogens is 3. The summed E-state index contributed by atoms with van der Waals surface area (Å²) in [5.74, 6) is 0.653. The van der Waals surface area contributed by atoms with E-state index >= 15 is 0 Å². The highest BCUT2D eigenvalue weighted by Gasteiger charge is 2.12. The van der Waals surface area contributed by atoms with Crippen LogP contribution in [0.25, 0.3) is 0 Å². The second-order valence-corrected chi connectivity index (χ2v) is 5.93. The van der Waals surface area contributed by atoms with Gasteiger partial charge in [0.25, 0.3) is 0 Å². The van der Waals surface area contributed by atoms with Gasteiger partial charge < -0.3 is 10.1 Å². The zero-order valence-electron chi connectivity index (χ0n) is 14.2. The maximum absolute atomic E-state index is 5.22. The summed E-state index contributed by atoms with van der Waals surface area (Å²) in [5, 5.41) is 11.8. The second kappa shape index (κ2) is 9.87. The molecule has 0 aliphatic carbocycles. The van der Waals surface area contributed by atoms with Gasteiger partial charge in [0.2, 0.25) is 0 Å². The minimum atomic E-state index is 0.427. The molecule has 0 spiro atoms. The summed E-state index contributed by atoms with van der Waals surface area (Å²) in [6.45, 7) is 14.2. The summed E-state index contributed by atoms with van der Waals surface area (Å²) < 4.78 is 7.15. The van der Waals surface area contributed by atoms with E-state index in [1.165, 1.54) is 0 Å². The lowest BCUT2D eigenvalue weighted by Crippen LogP contribution is -2.38. The van der Waals surface area contributed by atoms with Crippen molar-refractivity contribution in [3.63, 3.8) is 0 Å². The Kier molecular flexibility index (Phi) is 8.49. The van der Waals surface area contributed by atoms with E-state index in [-0.39, 0.29) is 0 Å². The molecular weight excluding hydrogens is 266 g/mol. The van der Waals surface area contributed by atoms with E-state index < -0.39 is 0 Å². The van der Waals surface area contributed by atoms with Crippen molar-refractivity contribution in [2.24, 2.45) is 5.92 Å². The first kappa shape index (κ1) is 18.1. The van der Waals surface area contributed by atoms with Crippen LogP contribution in [0.5, 0.6) is 0 Å². The fourth-order valence-corrected chi connectivity index (χ4v) is 2.29. The average molecular weight is 297 g/mol. The average Bonchev–Trinajstić information content (AvgIpc) is 2.87. The van der Waals surface area contributed by atoms with Crippen LogP contribution >= 0.6 is 0 Å². The topological polar surface area (TPSA) is 55.2 Å². The van der Waals surface area contributed by atoms with E-state index in [1.807, 2.05) is 10.9 Å². The molecular formula is C15H31N5O. The first-order valence-electron chi connectivity index (χ1n) is 7.89. The number of rotatable bonds is 11. The minimum absolute atomic E-state index is 0.427. The molecule has 1 heterocycles. The number of methoxy groups -OCH3 is 1. The third-order valence-corrected chi connectivity index (χ3v) is 3.50. The standard InChI is InChI=1S/C15H31N5O/c1-6-19(14(4)12-21-5)7-8-20-11-15(17-18-20)10-16-9-13(2)3/h11,13-14,16H,6-10,12H2,1-5H3. The molecule has 6 heteroatoms. The van der Waals surface area contributed by atoms with Crippen LogP contribution in [0, 0.1) is 5.92 Å². The van der Waals surface area contributed by atoms with Gasteiger partial charge in [-0.15, -0.1) is 5.10 Å². The molecule has 1 aromatic heterocycles. The molecule has 21 heavy (non-hydrogen) atoms. The summed E-state index contributed by atoms with van der Waals surface area (Å²) in [4.78, 5) is 2.39. The molecule has 0 aliphatic rings. The van der Waals surface area contributed by atoms with Gasteiger partial charge in [0.15, 0.2) is 0 Å². The maximum Gasteiger partial charge on any atom is 0.0964 e. The Labute approximate surface area is 128 Å². The highest BCUT2D eigenvalue weighted by atomic mass is 16.5. The van der Waals surface area contributed by atoms with Crippen LogP contribution < -0.4 is 5.32 Å². The van der Waals surface area contributed by atoms with Gasteiger partial charge in [-0.05, 0) is 25.9 Å². The Morgan fingerprint density at radius 2 is 2.14 bits per heavy atom. The third kappa shape index (κ3) is 7.02.